The maximum Gasteiger partial charge on any atom is 0.252 e. The first-order chi connectivity index (χ1) is 9.28. The van der Waals surface area contributed by atoms with Crippen LogP contribution in [0.3, 0.4) is 0 Å². The fraction of sp³-hybridized carbons (Fsp3) is 0.643. The standard InChI is InChI=1S/C14H20N2O2S/c15-8-11-5-6-13(18-11)14(17)16(10-3-4-10)9-12-2-1-7-19-12/h1-2,7,10-11,13H,3-6,8-9,15H2/t11-,13+/m1/s1. The van der Waals surface area contributed by atoms with Crippen molar-refractivity contribution < 1.29 is 9.53 Å². The first-order valence-corrected chi connectivity index (χ1v) is 7.84. The molecule has 2 atom stereocenters. The van der Waals surface area contributed by atoms with E-state index in [2.05, 4.69) is 11.4 Å². The van der Waals surface area contributed by atoms with Gasteiger partial charge in [-0.2, -0.15) is 0 Å². The third-order valence-electron chi connectivity index (χ3n) is 3.82. The zero-order valence-corrected chi connectivity index (χ0v) is 11.8. The Bertz CT molecular complexity index is 431. The first kappa shape index (κ1) is 13.1. The molecule has 2 aliphatic rings. The minimum atomic E-state index is -0.269. The molecule has 2 fully saturated rings. The van der Waals surface area contributed by atoms with E-state index in [1.807, 2.05) is 11.0 Å². The highest BCUT2D eigenvalue weighted by atomic mass is 32.1. The van der Waals surface area contributed by atoms with Crippen LogP contribution >= 0.6 is 11.3 Å². The molecule has 2 N–H and O–H groups in total. The zero-order chi connectivity index (χ0) is 13.2. The number of nitrogens with two attached hydrogens (primary N) is 1. The molecule has 1 amide bonds. The van der Waals surface area contributed by atoms with Gasteiger partial charge in [-0.3, -0.25) is 4.79 Å². The summed E-state index contributed by atoms with van der Waals surface area (Å²) in [6, 6.07) is 4.55. The van der Waals surface area contributed by atoms with Gasteiger partial charge in [0.2, 0.25) is 0 Å². The Morgan fingerprint density at radius 1 is 1.42 bits per heavy atom. The Morgan fingerprint density at radius 3 is 2.84 bits per heavy atom. The lowest BCUT2D eigenvalue weighted by molar-refractivity contribution is -0.144. The summed E-state index contributed by atoms with van der Waals surface area (Å²) in [6.07, 6.45) is 3.78. The molecule has 0 radical (unpaired) electrons. The van der Waals surface area contributed by atoms with Crippen LogP contribution in [0.2, 0.25) is 0 Å². The van der Waals surface area contributed by atoms with Gasteiger partial charge in [0.25, 0.3) is 5.91 Å². The van der Waals surface area contributed by atoms with Crippen LogP contribution in [0.1, 0.15) is 30.6 Å². The summed E-state index contributed by atoms with van der Waals surface area (Å²) in [4.78, 5) is 15.8. The number of rotatable bonds is 5. The number of hydrogen-bond acceptors (Lipinski definition) is 4. The number of amides is 1. The van der Waals surface area contributed by atoms with Gasteiger partial charge < -0.3 is 15.4 Å². The Hall–Kier alpha value is -0.910. The van der Waals surface area contributed by atoms with Crippen LogP contribution in [-0.4, -0.2) is 35.6 Å². The van der Waals surface area contributed by atoms with Crippen LogP contribution in [0.25, 0.3) is 0 Å². The smallest absolute Gasteiger partial charge is 0.252 e. The predicted octanol–water partition coefficient (Wildman–Crippen LogP) is 1.75. The Labute approximate surface area is 117 Å². The maximum atomic E-state index is 12.6. The number of ether oxygens (including phenoxy) is 1. The molecular weight excluding hydrogens is 260 g/mol. The minimum Gasteiger partial charge on any atom is -0.364 e. The second-order valence-electron chi connectivity index (χ2n) is 5.34. The average Bonchev–Trinajstić information content (AvgIpc) is 2.95. The normalized spacial score (nSPS) is 26.6. The highest BCUT2D eigenvalue weighted by Crippen LogP contribution is 2.32. The molecule has 0 aromatic carbocycles. The summed E-state index contributed by atoms with van der Waals surface area (Å²) >= 11 is 1.71. The summed E-state index contributed by atoms with van der Waals surface area (Å²) in [5, 5.41) is 2.06. The van der Waals surface area contributed by atoms with E-state index < -0.39 is 0 Å². The van der Waals surface area contributed by atoms with Gasteiger partial charge in [-0.1, -0.05) is 6.07 Å². The molecule has 1 aromatic heterocycles. The lowest BCUT2D eigenvalue weighted by Gasteiger charge is -2.25. The van der Waals surface area contributed by atoms with E-state index in [1.54, 1.807) is 11.3 Å². The lowest BCUT2D eigenvalue weighted by Crippen LogP contribution is -2.40. The van der Waals surface area contributed by atoms with Gasteiger partial charge in [0.05, 0.1) is 12.6 Å². The fourth-order valence-electron chi connectivity index (χ4n) is 2.59. The van der Waals surface area contributed by atoms with Crippen molar-refractivity contribution in [1.82, 2.24) is 4.90 Å². The number of hydrogen-bond donors (Lipinski definition) is 1. The Morgan fingerprint density at radius 2 is 2.26 bits per heavy atom. The molecule has 104 valence electrons. The fourth-order valence-corrected chi connectivity index (χ4v) is 3.29. The third-order valence-corrected chi connectivity index (χ3v) is 4.68. The average molecular weight is 280 g/mol. The van der Waals surface area contributed by atoms with E-state index in [-0.39, 0.29) is 18.1 Å². The van der Waals surface area contributed by atoms with Crippen molar-refractivity contribution >= 4 is 17.2 Å². The monoisotopic (exact) mass is 280 g/mol. The van der Waals surface area contributed by atoms with Gasteiger partial charge in [-0.05, 0) is 37.1 Å². The van der Waals surface area contributed by atoms with Gasteiger partial charge in [-0.25, -0.2) is 0 Å². The quantitative estimate of drug-likeness (QED) is 0.894. The topological polar surface area (TPSA) is 55.6 Å². The molecule has 1 aromatic rings. The molecule has 0 unspecified atom stereocenters. The highest BCUT2D eigenvalue weighted by Gasteiger charge is 2.39. The molecule has 4 nitrogen and oxygen atoms in total. The predicted molar refractivity (Wildman–Crippen MR) is 74.8 cm³/mol. The second-order valence-corrected chi connectivity index (χ2v) is 6.37. The van der Waals surface area contributed by atoms with Crippen LogP contribution in [-0.2, 0) is 16.1 Å². The second kappa shape index (κ2) is 5.61. The van der Waals surface area contributed by atoms with Crippen molar-refractivity contribution in [2.75, 3.05) is 6.54 Å². The zero-order valence-electron chi connectivity index (χ0n) is 11.0. The van der Waals surface area contributed by atoms with E-state index in [4.69, 9.17) is 10.5 Å². The van der Waals surface area contributed by atoms with Crippen LogP contribution < -0.4 is 5.73 Å². The molecule has 1 saturated heterocycles. The van der Waals surface area contributed by atoms with Crippen molar-refractivity contribution in [2.24, 2.45) is 5.73 Å². The summed E-state index contributed by atoms with van der Waals surface area (Å²) in [7, 11) is 0. The number of carbonyl (C=O) groups is 1. The molecule has 1 aliphatic heterocycles. The Balaban J connectivity index is 1.65. The number of nitrogens with zero attached hydrogens (tertiary/aromatic N) is 1. The molecular formula is C14H20N2O2S. The van der Waals surface area contributed by atoms with Crippen molar-refractivity contribution in [1.29, 1.82) is 0 Å². The SMILES string of the molecule is NC[C@H]1CC[C@@H](C(=O)N(Cc2cccs2)C2CC2)O1. The third kappa shape index (κ3) is 2.99. The molecule has 5 heteroatoms. The molecule has 0 bridgehead atoms. The van der Waals surface area contributed by atoms with Crippen molar-refractivity contribution in [3.63, 3.8) is 0 Å². The largest absolute Gasteiger partial charge is 0.364 e. The van der Waals surface area contributed by atoms with Crippen molar-refractivity contribution in [3.05, 3.63) is 22.4 Å². The first-order valence-electron chi connectivity index (χ1n) is 6.96. The maximum absolute atomic E-state index is 12.6. The molecule has 0 spiro atoms. The van der Waals surface area contributed by atoms with Crippen LogP contribution in [0.15, 0.2) is 17.5 Å². The summed E-state index contributed by atoms with van der Waals surface area (Å²) < 4.78 is 5.74. The van der Waals surface area contributed by atoms with Crippen LogP contribution in [0.4, 0.5) is 0 Å². The van der Waals surface area contributed by atoms with E-state index in [9.17, 15) is 4.79 Å². The summed E-state index contributed by atoms with van der Waals surface area (Å²) in [6.45, 7) is 1.24. The van der Waals surface area contributed by atoms with E-state index in [0.29, 0.717) is 12.6 Å². The molecule has 3 rings (SSSR count). The molecule has 1 saturated carbocycles. The van der Waals surface area contributed by atoms with Gasteiger partial charge in [0.15, 0.2) is 0 Å². The number of thiophene rings is 1. The number of carbonyl (C=O) groups excluding carboxylic acids is 1. The van der Waals surface area contributed by atoms with Gasteiger partial charge in [0, 0.05) is 17.5 Å². The van der Waals surface area contributed by atoms with Crippen LogP contribution in [0, 0.1) is 0 Å². The van der Waals surface area contributed by atoms with E-state index >= 15 is 0 Å². The minimum absolute atomic E-state index is 0.0664. The summed E-state index contributed by atoms with van der Waals surface area (Å²) in [5.41, 5.74) is 5.61. The highest BCUT2D eigenvalue weighted by molar-refractivity contribution is 7.09. The molecule has 19 heavy (non-hydrogen) atoms. The Kier molecular flexibility index (Phi) is 3.86. The van der Waals surface area contributed by atoms with Crippen molar-refractivity contribution in [3.8, 4) is 0 Å². The van der Waals surface area contributed by atoms with Crippen molar-refractivity contribution in [2.45, 2.75) is 50.5 Å². The van der Waals surface area contributed by atoms with E-state index in [0.717, 1.165) is 32.2 Å². The molecule has 1 aliphatic carbocycles. The van der Waals surface area contributed by atoms with Crippen LogP contribution in [0.5, 0.6) is 0 Å². The van der Waals surface area contributed by atoms with Gasteiger partial charge in [-0.15, -0.1) is 11.3 Å². The van der Waals surface area contributed by atoms with Gasteiger partial charge in [0.1, 0.15) is 6.10 Å². The lowest BCUT2D eigenvalue weighted by atomic mass is 10.1. The van der Waals surface area contributed by atoms with E-state index in [1.165, 1.54) is 4.88 Å². The molecule has 2 heterocycles. The summed E-state index contributed by atoms with van der Waals surface area (Å²) in [5.74, 6) is 0.159. The van der Waals surface area contributed by atoms with Gasteiger partial charge >= 0.3 is 0 Å².